The summed E-state index contributed by atoms with van der Waals surface area (Å²) in [5, 5.41) is 21.5. The van der Waals surface area contributed by atoms with Crippen molar-refractivity contribution in [2.45, 2.75) is 12.0 Å². The van der Waals surface area contributed by atoms with Gasteiger partial charge in [0.25, 0.3) is 0 Å². The molecule has 5 heteroatoms. The van der Waals surface area contributed by atoms with Gasteiger partial charge in [0, 0.05) is 23.2 Å². The van der Waals surface area contributed by atoms with E-state index in [4.69, 9.17) is 9.47 Å². The zero-order valence-corrected chi connectivity index (χ0v) is 14.0. The monoisotopic (exact) mass is 334 g/mol. The zero-order valence-electron chi connectivity index (χ0n) is 14.0. The minimum Gasteiger partial charge on any atom is -0.497 e. The van der Waals surface area contributed by atoms with E-state index in [2.05, 4.69) is 11.1 Å². The number of pyridine rings is 1. The van der Waals surface area contributed by atoms with Crippen molar-refractivity contribution in [3.05, 3.63) is 65.9 Å². The van der Waals surface area contributed by atoms with Crippen LogP contribution in [0.4, 0.5) is 0 Å². The molecule has 0 saturated heterocycles. The van der Waals surface area contributed by atoms with Gasteiger partial charge in [-0.1, -0.05) is 24.3 Å². The molecule has 25 heavy (non-hydrogen) atoms. The molecule has 0 radical (unpaired) electrons. The largest absolute Gasteiger partial charge is 0.497 e. The molecule has 3 rings (SSSR count). The van der Waals surface area contributed by atoms with Gasteiger partial charge in [0.2, 0.25) is 0 Å². The quantitative estimate of drug-likeness (QED) is 0.771. The van der Waals surface area contributed by atoms with Crippen molar-refractivity contribution in [1.82, 2.24) is 4.98 Å². The number of hydrogen-bond acceptors (Lipinski definition) is 5. The third kappa shape index (κ3) is 3.12. The Morgan fingerprint density at radius 1 is 1.04 bits per heavy atom. The fraction of sp³-hybridized carbons (Fsp3) is 0.200. The molecule has 0 aliphatic rings. The second-order valence-electron chi connectivity index (χ2n) is 5.58. The summed E-state index contributed by atoms with van der Waals surface area (Å²) < 4.78 is 10.6. The summed E-state index contributed by atoms with van der Waals surface area (Å²) in [4.78, 5) is 4.30. The Morgan fingerprint density at radius 3 is 2.56 bits per heavy atom. The molecule has 0 aliphatic heterocycles. The number of rotatable bonds is 5. The Labute approximate surface area is 146 Å². The number of aliphatic hydroxyl groups is 1. The summed E-state index contributed by atoms with van der Waals surface area (Å²) in [5.74, 6) is 0.344. The fourth-order valence-electron chi connectivity index (χ4n) is 2.94. The van der Waals surface area contributed by atoms with Crippen molar-refractivity contribution in [1.29, 1.82) is 5.26 Å². The predicted octanol–water partition coefficient (Wildman–Crippen LogP) is 3.59. The lowest BCUT2D eigenvalue weighted by molar-refractivity contribution is 0.164. The van der Waals surface area contributed by atoms with Crippen LogP contribution in [0.5, 0.6) is 11.5 Å². The van der Waals surface area contributed by atoms with Gasteiger partial charge in [-0.3, -0.25) is 4.98 Å². The molecule has 0 spiro atoms. The van der Waals surface area contributed by atoms with E-state index in [0.717, 1.165) is 10.9 Å². The van der Waals surface area contributed by atoms with E-state index in [1.165, 1.54) is 7.11 Å². The number of nitrogens with zero attached hydrogens (tertiary/aromatic N) is 2. The summed E-state index contributed by atoms with van der Waals surface area (Å²) >= 11 is 0. The van der Waals surface area contributed by atoms with Gasteiger partial charge in [0.1, 0.15) is 17.4 Å². The molecule has 0 aliphatic carbocycles. The van der Waals surface area contributed by atoms with Crippen LogP contribution in [-0.4, -0.2) is 24.3 Å². The lowest BCUT2D eigenvalue weighted by Gasteiger charge is -2.21. The smallest absolute Gasteiger partial charge is 0.127 e. The van der Waals surface area contributed by atoms with Gasteiger partial charge in [-0.2, -0.15) is 5.26 Å². The van der Waals surface area contributed by atoms with Gasteiger partial charge >= 0.3 is 0 Å². The van der Waals surface area contributed by atoms with Crippen molar-refractivity contribution in [3.8, 4) is 17.6 Å². The lowest BCUT2D eigenvalue weighted by Crippen LogP contribution is -2.11. The van der Waals surface area contributed by atoms with Crippen LogP contribution in [0.15, 0.2) is 54.7 Å². The molecule has 5 nitrogen and oxygen atoms in total. The van der Waals surface area contributed by atoms with Crippen LogP contribution in [0.2, 0.25) is 0 Å². The van der Waals surface area contributed by atoms with E-state index in [-0.39, 0.29) is 0 Å². The maximum atomic E-state index is 10.9. The van der Waals surface area contributed by atoms with E-state index < -0.39 is 12.0 Å². The predicted molar refractivity (Wildman–Crippen MR) is 94.6 cm³/mol. The highest BCUT2D eigenvalue weighted by molar-refractivity contribution is 5.82. The average Bonchev–Trinajstić information content (AvgIpc) is 2.68. The average molecular weight is 334 g/mol. The molecule has 0 fully saturated rings. The van der Waals surface area contributed by atoms with Crippen LogP contribution >= 0.6 is 0 Å². The number of benzene rings is 2. The van der Waals surface area contributed by atoms with Crippen LogP contribution < -0.4 is 9.47 Å². The summed E-state index contributed by atoms with van der Waals surface area (Å²) in [7, 11) is 3.09. The van der Waals surface area contributed by atoms with Gasteiger partial charge in [0.15, 0.2) is 0 Å². The van der Waals surface area contributed by atoms with Crippen LogP contribution in [0.25, 0.3) is 10.9 Å². The summed E-state index contributed by atoms with van der Waals surface area (Å²) in [5.41, 5.74) is 2.05. The van der Waals surface area contributed by atoms with Crippen molar-refractivity contribution in [2.75, 3.05) is 14.2 Å². The van der Waals surface area contributed by atoms with Gasteiger partial charge in [-0.05, 0) is 23.8 Å². The number of aromatic nitrogens is 1. The maximum Gasteiger partial charge on any atom is 0.127 e. The molecule has 2 aromatic carbocycles. The molecule has 0 bridgehead atoms. The standard InChI is InChI=1S/C20H18N2O3/c1-24-13-7-8-15(19(11-13)25-2)17(12-21)20(23)16-9-10-22-18-6-4-3-5-14(16)18/h3-11,17,20,23H,1-2H3. The number of ether oxygens (including phenoxy) is 2. The zero-order chi connectivity index (χ0) is 17.8. The molecule has 1 N–H and O–H groups in total. The Kier molecular flexibility index (Phi) is 4.82. The third-order valence-corrected chi connectivity index (χ3v) is 4.23. The highest BCUT2D eigenvalue weighted by Gasteiger charge is 2.27. The first-order valence-corrected chi connectivity index (χ1v) is 7.83. The molecule has 0 saturated carbocycles. The molecular formula is C20H18N2O3. The SMILES string of the molecule is COc1ccc(C(C#N)C(O)c2ccnc3ccccc23)c(OC)c1. The maximum absolute atomic E-state index is 10.9. The molecule has 1 heterocycles. The topological polar surface area (TPSA) is 75.4 Å². The lowest BCUT2D eigenvalue weighted by atomic mass is 9.88. The first kappa shape index (κ1) is 16.7. The van der Waals surface area contributed by atoms with E-state index in [9.17, 15) is 10.4 Å². The van der Waals surface area contributed by atoms with Gasteiger partial charge < -0.3 is 14.6 Å². The molecule has 1 aromatic heterocycles. The summed E-state index contributed by atoms with van der Waals surface area (Å²) in [6, 6.07) is 16.7. The van der Waals surface area contributed by atoms with Crippen LogP contribution in [-0.2, 0) is 0 Å². The first-order chi connectivity index (χ1) is 12.2. The van der Waals surface area contributed by atoms with E-state index in [1.54, 1.807) is 37.6 Å². The number of methoxy groups -OCH3 is 2. The molecule has 0 amide bonds. The van der Waals surface area contributed by atoms with E-state index in [0.29, 0.717) is 22.6 Å². The van der Waals surface area contributed by atoms with Gasteiger partial charge in [0.05, 0.1) is 31.9 Å². The Bertz CT molecular complexity index is 928. The van der Waals surface area contributed by atoms with Gasteiger partial charge in [-0.15, -0.1) is 0 Å². The van der Waals surface area contributed by atoms with Crippen LogP contribution in [0.3, 0.4) is 0 Å². The van der Waals surface area contributed by atoms with Crippen molar-refractivity contribution in [2.24, 2.45) is 0 Å². The molecule has 2 unspecified atom stereocenters. The number of aliphatic hydroxyl groups excluding tert-OH is 1. The summed E-state index contributed by atoms with van der Waals surface area (Å²) in [6.45, 7) is 0. The van der Waals surface area contributed by atoms with E-state index in [1.807, 2.05) is 24.3 Å². The Morgan fingerprint density at radius 2 is 1.84 bits per heavy atom. The molecule has 3 aromatic rings. The first-order valence-electron chi connectivity index (χ1n) is 7.83. The van der Waals surface area contributed by atoms with E-state index >= 15 is 0 Å². The number of hydrogen-bond donors (Lipinski definition) is 1. The van der Waals surface area contributed by atoms with Crippen LogP contribution in [0, 0.1) is 11.3 Å². The number of nitriles is 1. The molecule has 126 valence electrons. The number of para-hydroxylation sites is 1. The normalized spacial score (nSPS) is 13.0. The Balaban J connectivity index is 2.08. The van der Waals surface area contributed by atoms with Crippen molar-refractivity contribution >= 4 is 10.9 Å². The van der Waals surface area contributed by atoms with Gasteiger partial charge in [-0.25, -0.2) is 0 Å². The second-order valence-corrected chi connectivity index (χ2v) is 5.58. The third-order valence-electron chi connectivity index (χ3n) is 4.23. The minimum absolute atomic E-state index is 0.503. The van der Waals surface area contributed by atoms with Crippen molar-refractivity contribution < 1.29 is 14.6 Å². The highest BCUT2D eigenvalue weighted by Crippen LogP contribution is 2.39. The summed E-state index contributed by atoms with van der Waals surface area (Å²) in [6.07, 6.45) is 0.626. The number of fused-ring (bicyclic) bond motifs is 1. The Hall–Kier alpha value is -3.10. The van der Waals surface area contributed by atoms with Crippen molar-refractivity contribution in [3.63, 3.8) is 0 Å². The molecule has 2 atom stereocenters. The fourth-order valence-corrected chi connectivity index (χ4v) is 2.94. The highest BCUT2D eigenvalue weighted by atomic mass is 16.5. The molecular weight excluding hydrogens is 316 g/mol. The second kappa shape index (κ2) is 7.20. The van der Waals surface area contributed by atoms with Crippen LogP contribution in [0.1, 0.15) is 23.1 Å². The minimum atomic E-state index is -1.01.